The maximum absolute atomic E-state index is 13.2. The van der Waals surface area contributed by atoms with Crippen LogP contribution in [0.2, 0.25) is 0 Å². The van der Waals surface area contributed by atoms with E-state index in [1.807, 2.05) is 0 Å². The minimum atomic E-state index is -1.91. The molecule has 0 saturated carbocycles. The molecule has 466 valence electrons. The number of carbonyl (C=O) groups excluding carboxylic acids is 3. The highest BCUT2D eigenvalue weighted by Crippen LogP contribution is 2.27. The lowest BCUT2D eigenvalue weighted by molar-refractivity contribution is -0.301. The quantitative estimate of drug-likeness (QED) is 0.0228. The maximum atomic E-state index is 13.2. The Morgan fingerprint density at radius 1 is 0.420 bits per heavy atom. The van der Waals surface area contributed by atoms with E-state index in [0.717, 1.165) is 109 Å². The van der Waals surface area contributed by atoms with Crippen molar-refractivity contribution >= 4 is 23.9 Å². The number of ether oxygens (including phenoxy) is 5. The molecule has 1 aliphatic rings. The molecular weight excluding hydrogens is 1020 g/mol. The molecular formula is C69H118O12. The number of carbonyl (C=O) groups is 4. The second kappa shape index (κ2) is 56.6. The fourth-order valence-corrected chi connectivity index (χ4v) is 9.74. The molecule has 12 heteroatoms. The molecule has 0 amide bonds. The number of aliphatic hydroxyl groups is 2. The highest BCUT2D eigenvalue weighted by Gasteiger charge is 2.50. The van der Waals surface area contributed by atoms with Crippen molar-refractivity contribution in [3.05, 3.63) is 72.9 Å². The Hall–Kier alpha value is -3.84. The zero-order valence-corrected chi connectivity index (χ0v) is 51.5. The van der Waals surface area contributed by atoms with Crippen LogP contribution in [-0.4, -0.2) is 89.2 Å². The molecule has 3 N–H and O–H groups in total. The summed E-state index contributed by atoms with van der Waals surface area (Å²) < 4.78 is 28.5. The van der Waals surface area contributed by atoms with Crippen LogP contribution in [-0.2, 0) is 42.9 Å². The number of aliphatic hydroxyl groups excluding tert-OH is 2. The predicted octanol–water partition coefficient (Wildman–Crippen LogP) is 17.7. The molecule has 6 unspecified atom stereocenters. The van der Waals surface area contributed by atoms with Gasteiger partial charge in [0.15, 0.2) is 24.6 Å². The van der Waals surface area contributed by atoms with Gasteiger partial charge in [-0.25, -0.2) is 4.79 Å². The molecule has 0 bridgehead atoms. The van der Waals surface area contributed by atoms with Crippen LogP contribution in [0.5, 0.6) is 0 Å². The Bertz CT molecular complexity index is 1680. The molecule has 1 heterocycles. The number of hydrogen-bond donors (Lipinski definition) is 3. The third-order valence-corrected chi connectivity index (χ3v) is 14.8. The summed E-state index contributed by atoms with van der Waals surface area (Å²) in [6.45, 7) is 5.86. The summed E-state index contributed by atoms with van der Waals surface area (Å²) in [5.74, 6) is -3.16. The maximum Gasteiger partial charge on any atom is 0.335 e. The summed E-state index contributed by atoms with van der Waals surface area (Å²) in [5.41, 5.74) is 0. The van der Waals surface area contributed by atoms with E-state index in [1.54, 1.807) is 0 Å². The molecule has 1 fully saturated rings. The fourth-order valence-electron chi connectivity index (χ4n) is 9.74. The summed E-state index contributed by atoms with van der Waals surface area (Å²) in [5, 5.41) is 31.6. The van der Waals surface area contributed by atoms with Crippen LogP contribution in [0, 0.1) is 0 Å². The minimum absolute atomic E-state index is 0.0415. The standard InChI is InChI=1S/C69H118O12/c1-4-7-10-13-16-19-22-25-27-29-31-33-35-38-40-43-46-49-52-55-61(70)77-58-60(79-62(71)56-53-50-47-44-41-37-24-21-18-15-12-9-6-3)59-78-69-67(65(74)64(73)66(81-69)68(75)76)80-63(72)57-54-51-48-45-42-39-36-34-32-30-28-26-23-20-17-14-11-8-5-2/h9,12,17-18,20-21,26,28,32,34,37,41,60,64-67,69,73-74H,4-8,10-11,13-16,19,22-25,27,29-31,33,35-36,38-40,42-59H2,1-3H3,(H,75,76)/b12-9-,20-17-,21-18-,28-26-,34-32-,41-37-. The number of esters is 3. The van der Waals surface area contributed by atoms with Crippen molar-refractivity contribution in [1.82, 2.24) is 0 Å². The van der Waals surface area contributed by atoms with E-state index in [0.29, 0.717) is 19.3 Å². The molecule has 0 aromatic heterocycles. The van der Waals surface area contributed by atoms with Gasteiger partial charge in [0.2, 0.25) is 0 Å². The molecule has 6 atom stereocenters. The van der Waals surface area contributed by atoms with E-state index < -0.39 is 67.3 Å². The van der Waals surface area contributed by atoms with Crippen molar-refractivity contribution < 1.29 is 58.2 Å². The molecule has 1 aliphatic heterocycles. The second-order valence-corrected chi connectivity index (χ2v) is 22.4. The monoisotopic (exact) mass is 1140 g/mol. The third kappa shape index (κ3) is 46.3. The van der Waals surface area contributed by atoms with Crippen molar-refractivity contribution in [2.45, 2.75) is 327 Å². The SMILES string of the molecule is CC/C=C\C/C=C\C/C=C\CCCCCC(=O)OC(COC(=O)CCCCCCCCCCCCCCCCCCCCC)COC1OC(C(=O)O)C(O)C(O)C1OC(=O)CCCCCCCC/C=C\C/C=C\C/C=C\CCCCC. The first kappa shape index (κ1) is 75.2. The van der Waals surface area contributed by atoms with Gasteiger partial charge in [-0.1, -0.05) is 254 Å². The smallest absolute Gasteiger partial charge is 0.335 e. The number of hydrogen-bond acceptors (Lipinski definition) is 11. The van der Waals surface area contributed by atoms with Gasteiger partial charge in [0.1, 0.15) is 18.8 Å². The van der Waals surface area contributed by atoms with Gasteiger partial charge < -0.3 is 39.0 Å². The van der Waals surface area contributed by atoms with E-state index in [-0.39, 0.29) is 25.9 Å². The van der Waals surface area contributed by atoms with E-state index >= 15 is 0 Å². The topological polar surface area (TPSA) is 175 Å². The number of allylic oxidation sites excluding steroid dienone is 12. The van der Waals surface area contributed by atoms with Gasteiger partial charge in [-0.2, -0.15) is 0 Å². The van der Waals surface area contributed by atoms with Gasteiger partial charge in [-0.15, -0.1) is 0 Å². The normalized spacial score (nSPS) is 18.2. The first-order valence-corrected chi connectivity index (χ1v) is 32.9. The zero-order chi connectivity index (χ0) is 58.9. The first-order chi connectivity index (χ1) is 39.6. The molecule has 0 radical (unpaired) electrons. The highest BCUT2D eigenvalue weighted by molar-refractivity contribution is 5.74. The Morgan fingerprint density at radius 2 is 0.778 bits per heavy atom. The number of carboxylic acids is 1. The van der Waals surface area contributed by atoms with Crippen molar-refractivity contribution in [3.8, 4) is 0 Å². The zero-order valence-electron chi connectivity index (χ0n) is 51.5. The fraction of sp³-hybridized carbons (Fsp3) is 0.768. The van der Waals surface area contributed by atoms with Gasteiger partial charge in [0.05, 0.1) is 6.61 Å². The van der Waals surface area contributed by atoms with Crippen LogP contribution < -0.4 is 0 Å². The molecule has 0 spiro atoms. The predicted molar refractivity (Wildman–Crippen MR) is 331 cm³/mol. The number of aliphatic carboxylic acids is 1. The lowest BCUT2D eigenvalue weighted by Gasteiger charge is -2.40. The van der Waals surface area contributed by atoms with Gasteiger partial charge in [0.25, 0.3) is 0 Å². The van der Waals surface area contributed by atoms with Crippen LogP contribution in [0.15, 0.2) is 72.9 Å². The van der Waals surface area contributed by atoms with Crippen LogP contribution in [0.25, 0.3) is 0 Å². The van der Waals surface area contributed by atoms with E-state index in [2.05, 4.69) is 93.7 Å². The largest absolute Gasteiger partial charge is 0.479 e. The van der Waals surface area contributed by atoms with Crippen molar-refractivity contribution in [2.24, 2.45) is 0 Å². The molecule has 0 aromatic carbocycles. The highest BCUT2D eigenvalue weighted by atomic mass is 16.7. The molecule has 1 rings (SSSR count). The summed E-state index contributed by atoms with van der Waals surface area (Å²) in [4.78, 5) is 51.3. The second-order valence-electron chi connectivity index (χ2n) is 22.4. The summed E-state index contributed by atoms with van der Waals surface area (Å²) >= 11 is 0. The minimum Gasteiger partial charge on any atom is -0.479 e. The van der Waals surface area contributed by atoms with Gasteiger partial charge in [0, 0.05) is 19.3 Å². The van der Waals surface area contributed by atoms with Crippen LogP contribution in [0.3, 0.4) is 0 Å². The lowest BCUT2D eigenvalue weighted by Crippen LogP contribution is -2.61. The molecule has 0 aliphatic carbocycles. The van der Waals surface area contributed by atoms with Gasteiger partial charge in [-0.05, 0) is 89.9 Å². The number of carboxylic acid groups (broad SMARTS) is 1. The van der Waals surface area contributed by atoms with E-state index in [1.165, 1.54) is 122 Å². The van der Waals surface area contributed by atoms with Crippen LogP contribution in [0.1, 0.15) is 290 Å². The summed E-state index contributed by atoms with van der Waals surface area (Å²) in [7, 11) is 0. The van der Waals surface area contributed by atoms with Crippen LogP contribution >= 0.6 is 0 Å². The summed E-state index contributed by atoms with van der Waals surface area (Å²) in [6.07, 6.45) is 60.1. The van der Waals surface area contributed by atoms with Crippen molar-refractivity contribution in [1.29, 1.82) is 0 Å². The van der Waals surface area contributed by atoms with Gasteiger partial charge >= 0.3 is 23.9 Å². The first-order valence-electron chi connectivity index (χ1n) is 32.9. The number of rotatable bonds is 56. The van der Waals surface area contributed by atoms with Crippen molar-refractivity contribution in [2.75, 3.05) is 13.2 Å². The van der Waals surface area contributed by atoms with Crippen molar-refractivity contribution in [3.63, 3.8) is 0 Å². The van der Waals surface area contributed by atoms with E-state index in [4.69, 9.17) is 23.7 Å². The van der Waals surface area contributed by atoms with Crippen LogP contribution in [0.4, 0.5) is 0 Å². The molecule has 1 saturated heterocycles. The Balaban J connectivity index is 2.64. The van der Waals surface area contributed by atoms with Gasteiger partial charge in [-0.3, -0.25) is 14.4 Å². The Kier molecular flexibility index (Phi) is 52.6. The van der Waals surface area contributed by atoms with E-state index in [9.17, 15) is 34.5 Å². The average molecular weight is 1140 g/mol. The Labute approximate surface area is 493 Å². The molecule has 0 aromatic rings. The Morgan fingerprint density at radius 3 is 1.22 bits per heavy atom. The summed E-state index contributed by atoms with van der Waals surface area (Å²) in [6, 6.07) is 0. The number of unbranched alkanes of at least 4 members (excludes halogenated alkanes) is 30. The average Bonchev–Trinajstić information content (AvgIpc) is 3.54. The third-order valence-electron chi connectivity index (χ3n) is 14.8. The molecule has 12 nitrogen and oxygen atoms in total. The molecule has 81 heavy (non-hydrogen) atoms. The lowest BCUT2D eigenvalue weighted by atomic mass is 9.98.